The van der Waals surface area contributed by atoms with Crippen LogP contribution in [0.15, 0.2) is 52.4 Å². The van der Waals surface area contributed by atoms with Gasteiger partial charge in [-0.25, -0.2) is 0 Å². The molecule has 18 heavy (non-hydrogen) atoms. The van der Waals surface area contributed by atoms with Crippen LogP contribution in [0.3, 0.4) is 0 Å². The first kappa shape index (κ1) is 11.0. The highest BCUT2D eigenvalue weighted by atomic mass is 32.1. The van der Waals surface area contributed by atoms with E-state index in [0.29, 0.717) is 5.88 Å². The molecular formula is C14H12N2OS. The zero-order valence-corrected chi connectivity index (χ0v) is 10.5. The molecule has 0 radical (unpaired) electrons. The zero-order chi connectivity index (χ0) is 12.4. The van der Waals surface area contributed by atoms with Gasteiger partial charge < -0.3 is 10.3 Å². The summed E-state index contributed by atoms with van der Waals surface area (Å²) in [5.74, 6) is 0.405. The number of anilines is 1. The lowest BCUT2D eigenvalue weighted by molar-refractivity contribution is 0.439. The Hall–Kier alpha value is -2.07. The SMILES string of the molecule is Nc1onc(-c2cccs2)c1Cc1ccccc1. The van der Waals surface area contributed by atoms with Gasteiger partial charge in [-0.1, -0.05) is 41.6 Å². The van der Waals surface area contributed by atoms with Gasteiger partial charge in [0.25, 0.3) is 0 Å². The molecule has 3 aromatic rings. The smallest absolute Gasteiger partial charge is 0.226 e. The average Bonchev–Trinajstić information content (AvgIpc) is 3.02. The summed E-state index contributed by atoms with van der Waals surface area (Å²) >= 11 is 1.64. The van der Waals surface area contributed by atoms with Crippen LogP contribution in [0.25, 0.3) is 10.6 Å². The molecule has 0 saturated heterocycles. The minimum absolute atomic E-state index is 0.405. The van der Waals surface area contributed by atoms with Crippen LogP contribution < -0.4 is 5.73 Å². The molecule has 0 bridgehead atoms. The van der Waals surface area contributed by atoms with Gasteiger partial charge in [-0.2, -0.15) is 0 Å². The van der Waals surface area contributed by atoms with Gasteiger partial charge in [0.15, 0.2) is 0 Å². The molecule has 0 aliphatic heterocycles. The number of thiophene rings is 1. The normalized spacial score (nSPS) is 10.7. The molecular weight excluding hydrogens is 244 g/mol. The molecule has 0 fully saturated rings. The van der Waals surface area contributed by atoms with Crippen molar-refractivity contribution in [2.75, 3.05) is 5.73 Å². The Morgan fingerprint density at radius 3 is 2.67 bits per heavy atom. The number of nitrogen functional groups attached to an aromatic ring is 1. The van der Waals surface area contributed by atoms with E-state index in [-0.39, 0.29) is 0 Å². The highest BCUT2D eigenvalue weighted by Gasteiger charge is 2.16. The summed E-state index contributed by atoms with van der Waals surface area (Å²) in [4.78, 5) is 1.08. The van der Waals surface area contributed by atoms with Gasteiger partial charge in [-0.3, -0.25) is 0 Å². The Morgan fingerprint density at radius 2 is 1.94 bits per heavy atom. The van der Waals surface area contributed by atoms with Crippen molar-refractivity contribution in [3.63, 3.8) is 0 Å². The lowest BCUT2D eigenvalue weighted by Crippen LogP contribution is -1.93. The Kier molecular flexibility index (Phi) is 2.86. The maximum absolute atomic E-state index is 5.87. The van der Waals surface area contributed by atoms with Gasteiger partial charge in [0.1, 0.15) is 5.69 Å². The second kappa shape index (κ2) is 4.66. The van der Waals surface area contributed by atoms with Gasteiger partial charge in [-0.05, 0) is 17.0 Å². The molecule has 2 heterocycles. The Labute approximate surface area is 109 Å². The fourth-order valence-electron chi connectivity index (χ4n) is 1.90. The topological polar surface area (TPSA) is 52.0 Å². The van der Waals surface area contributed by atoms with E-state index in [9.17, 15) is 0 Å². The molecule has 2 N–H and O–H groups in total. The first-order valence-corrected chi connectivity index (χ1v) is 6.54. The van der Waals surface area contributed by atoms with Crippen molar-refractivity contribution in [2.45, 2.75) is 6.42 Å². The van der Waals surface area contributed by atoms with Crippen LogP contribution in [-0.2, 0) is 6.42 Å². The third kappa shape index (κ3) is 2.02. The van der Waals surface area contributed by atoms with E-state index in [0.717, 1.165) is 22.6 Å². The van der Waals surface area contributed by atoms with E-state index in [1.54, 1.807) is 11.3 Å². The highest BCUT2D eigenvalue weighted by Crippen LogP contribution is 2.31. The molecule has 0 unspecified atom stereocenters. The quantitative estimate of drug-likeness (QED) is 0.779. The minimum Gasteiger partial charge on any atom is -0.367 e. The zero-order valence-electron chi connectivity index (χ0n) is 9.67. The molecule has 1 aromatic carbocycles. The van der Waals surface area contributed by atoms with E-state index in [1.165, 1.54) is 5.56 Å². The summed E-state index contributed by atoms with van der Waals surface area (Å²) in [6, 6.07) is 14.2. The van der Waals surface area contributed by atoms with Crippen LogP contribution in [0.2, 0.25) is 0 Å². The van der Waals surface area contributed by atoms with Crippen molar-refractivity contribution >= 4 is 17.2 Å². The third-order valence-corrected chi connectivity index (χ3v) is 3.67. The summed E-state index contributed by atoms with van der Waals surface area (Å²) < 4.78 is 5.13. The van der Waals surface area contributed by atoms with Crippen LogP contribution in [-0.4, -0.2) is 5.16 Å². The van der Waals surface area contributed by atoms with Gasteiger partial charge in [0.2, 0.25) is 5.88 Å². The van der Waals surface area contributed by atoms with E-state index in [2.05, 4.69) is 17.3 Å². The molecule has 0 aliphatic carbocycles. The molecule has 3 rings (SSSR count). The molecule has 0 atom stereocenters. The van der Waals surface area contributed by atoms with Gasteiger partial charge in [0.05, 0.1) is 4.88 Å². The maximum atomic E-state index is 5.87. The van der Waals surface area contributed by atoms with Crippen molar-refractivity contribution in [3.8, 4) is 10.6 Å². The summed E-state index contributed by atoms with van der Waals surface area (Å²) in [6.45, 7) is 0. The summed E-state index contributed by atoms with van der Waals surface area (Å²) in [5, 5.41) is 6.09. The predicted molar refractivity (Wildman–Crippen MR) is 73.5 cm³/mol. The molecule has 2 aromatic heterocycles. The van der Waals surface area contributed by atoms with Crippen molar-refractivity contribution in [2.24, 2.45) is 0 Å². The fourth-order valence-corrected chi connectivity index (χ4v) is 2.63. The van der Waals surface area contributed by atoms with Crippen molar-refractivity contribution in [1.82, 2.24) is 5.16 Å². The molecule has 3 nitrogen and oxygen atoms in total. The van der Waals surface area contributed by atoms with E-state index < -0.39 is 0 Å². The standard InChI is InChI=1S/C14H12N2OS/c15-14-11(9-10-5-2-1-3-6-10)13(16-17-14)12-7-4-8-18-12/h1-8H,9,15H2. The number of rotatable bonds is 3. The predicted octanol–water partition coefficient (Wildman–Crippen LogP) is 3.58. The van der Waals surface area contributed by atoms with Crippen LogP contribution in [0, 0.1) is 0 Å². The Balaban J connectivity index is 1.99. The van der Waals surface area contributed by atoms with Gasteiger partial charge in [-0.15, -0.1) is 11.3 Å². The van der Waals surface area contributed by atoms with Crippen molar-refractivity contribution in [3.05, 3.63) is 59.0 Å². The lowest BCUT2D eigenvalue weighted by Gasteiger charge is -2.01. The number of hydrogen-bond donors (Lipinski definition) is 1. The number of nitrogens with two attached hydrogens (primary N) is 1. The molecule has 0 spiro atoms. The molecule has 0 saturated carbocycles. The monoisotopic (exact) mass is 256 g/mol. The number of nitrogens with zero attached hydrogens (tertiary/aromatic N) is 1. The Bertz CT molecular complexity index is 629. The van der Waals surface area contributed by atoms with Gasteiger partial charge in [0, 0.05) is 12.0 Å². The average molecular weight is 256 g/mol. The summed E-state index contributed by atoms with van der Waals surface area (Å²) in [7, 11) is 0. The summed E-state index contributed by atoms with van der Waals surface area (Å²) in [5.41, 5.74) is 8.88. The van der Waals surface area contributed by atoms with Gasteiger partial charge >= 0.3 is 0 Å². The first-order valence-electron chi connectivity index (χ1n) is 5.66. The van der Waals surface area contributed by atoms with Crippen LogP contribution in [0.1, 0.15) is 11.1 Å². The van der Waals surface area contributed by atoms with Crippen LogP contribution in [0.4, 0.5) is 5.88 Å². The minimum atomic E-state index is 0.405. The van der Waals surface area contributed by atoms with Crippen molar-refractivity contribution in [1.29, 1.82) is 0 Å². The third-order valence-electron chi connectivity index (χ3n) is 2.80. The number of benzene rings is 1. The molecule has 90 valence electrons. The van der Waals surface area contributed by atoms with E-state index in [4.69, 9.17) is 10.3 Å². The van der Waals surface area contributed by atoms with E-state index >= 15 is 0 Å². The second-order valence-electron chi connectivity index (χ2n) is 4.01. The second-order valence-corrected chi connectivity index (χ2v) is 4.96. The molecule has 4 heteroatoms. The fraction of sp³-hybridized carbons (Fsp3) is 0.0714. The lowest BCUT2D eigenvalue weighted by atomic mass is 10.0. The highest BCUT2D eigenvalue weighted by molar-refractivity contribution is 7.13. The number of aromatic nitrogens is 1. The molecule has 0 amide bonds. The summed E-state index contributed by atoms with van der Waals surface area (Å²) in [6.07, 6.45) is 0.739. The largest absolute Gasteiger partial charge is 0.367 e. The molecule has 0 aliphatic rings. The van der Waals surface area contributed by atoms with Crippen molar-refractivity contribution < 1.29 is 4.52 Å². The van der Waals surface area contributed by atoms with Crippen LogP contribution in [0.5, 0.6) is 0 Å². The van der Waals surface area contributed by atoms with E-state index in [1.807, 2.05) is 35.7 Å². The Morgan fingerprint density at radius 1 is 1.11 bits per heavy atom. The maximum Gasteiger partial charge on any atom is 0.226 e. The number of hydrogen-bond acceptors (Lipinski definition) is 4. The van der Waals surface area contributed by atoms with Crippen LogP contribution >= 0.6 is 11.3 Å². The first-order chi connectivity index (χ1) is 8.84.